The Kier molecular flexibility index (Phi) is 4.71. The molecule has 2 saturated heterocycles. The predicted octanol–water partition coefficient (Wildman–Crippen LogP) is -1.68. The average Bonchev–Trinajstić information content (AvgIpc) is 2.41. The maximum Gasteiger partial charge on any atom is 0.321 e. The van der Waals surface area contributed by atoms with Gasteiger partial charge in [0.25, 0.3) is 0 Å². The third kappa shape index (κ3) is 3.74. The minimum Gasteiger partial charge on any atom is -0.340 e. The van der Waals surface area contributed by atoms with E-state index < -0.39 is 33.9 Å². The van der Waals surface area contributed by atoms with E-state index in [1.807, 2.05) is 0 Å². The second kappa shape index (κ2) is 6.21. The van der Waals surface area contributed by atoms with E-state index in [2.05, 4.69) is 10.6 Å². The van der Waals surface area contributed by atoms with E-state index in [9.17, 15) is 22.8 Å². The summed E-state index contributed by atoms with van der Waals surface area (Å²) < 4.78 is 24.2. The molecule has 22 heavy (non-hydrogen) atoms. The lowest BCUT2D eigenvalue weighted by Gasteiger charge is -2.35. The predicted molar refractivity (Wildman–Crippen MR) is 77.2 cm³/mol. The molecule has 2 N–H and O–H groups in total. The van der Waals surface area contributed by atoms with Gasteiger partial charge in [-0.15, -0.1) is 0 Å². The Morgan fingerprint density at radius 1 is 1.23 bits per heavy atom. The lowest BCUT2D eigenvalue weighted by atomic mass is 9.94. The molecule has 2 unspecified atom stereocenters. The third-order valence-electron chi connectivity index (χ3n) is 3.99. The molecular weight excluding hydrogens is 312 g/mol. The number of carbonyl (C=O) groups excluding carboxylic acids is 3. The van der Waals surface area contributed by atoms with Gasteiger partial charge in [0.05, 0.1) is 12.2 Å². The van der Waals surface area contributed by atoms with Crippen LogP contribution >= 0.6 is 0 Å². The quantitative estimate of drug-likeness (QED) is 0.641. The van der Waals surface area contributed by atoms with Crippen LogP contribution in [0.5, 0.6) is 0 Å². The van der Waals surface area contributed by atoms with Gasteiger partial charge in [0, 0.05) is 38.6 Å². The largest absolute Gasteiger partial charge is 0.340 e. The lowest BCUT2D eigenvalue weighted by Crippen LogP contribution is -2.58. The molecule has 0 bridgehead atoms. The number of hydrogen-bond donors (Lipinski definition) is 2. The van der Waals surface area contributed by atoms with Crippen molar-refractivity contribution in [1.29, 1.82) is 0 Å². The van der Waals surface area contributed by atoms with Crippen molar-refractivity contribution < 1.29 is 22.8 Å². The molecule has 10 heteroatoms. The summed E-state index contributed by atoms with van der Waals surface area (Å²) in [5.41, 5.74) is 0. The van der Waals surface area contributed by atoms with E-state index in [0.29, 0.717) is 13.1 Å². The normalized spacial score (nSPS) is 27.3. The highest BCUT2D eigenvalue weighted by Gasteiger charge is 2.36. The minimum atomic E-state index is -3.24. The van der Waals surface area contributed by atoms with Gasteiger partial charge in [0.1, 0.15) is 0 Å². The zero-order valence-corrected chi connectivity index (χ0v) is 13.4. The van der Waals surface area contributed by atoms with Crippen LogP contribution in [-0.4, -0.2) is 73.9 Å². The van der Waals surface area contributed by atoms with Crippen molar-refractivity contribution in [3.05, 3.63) is 0 Å². The summed E-state index contributed by atoms with van der Waals surface area (Å²) >= 11 is 0. The molecule has 0 spiro atoms. The summed E-state index contributed by atoms with van der Waals surface area (Å²) in [6.07, 6.45) is 1.13. The molecule has 2 rings (SSSR count). The molecule has 4 amide bonds. The zero-order chi connectivity index (χ0) is 16.5. The number of imide groups is 1. The first-order chi connectivity index (χ1) is 10.2. The fraction of sp³-hybridized carbons (Fsp3) is 0.750. The van der Waals surface area contributed by atoms with Gasteiger partial charge in [0.15, 0.2) is 0 Å². The first-order valence-electron chi connectivity index (χ1n) is 7.02. The van der Waals surface area contributed by atoms with Gasteiger partial charge >= 0.3 is 6.03 Å². The molecule has 2 heterocycles. The van der Waals surface area contributed by atoms with Crippen LogP contribution in [0.25, 0.3) is 0 Å². The number of hydrogen-bond acceptors (Lipinski definition) is 5. The Morgan fingerprint density at radius 2 is 1.82 bits per heavy atom. The molecule has 0 aromatic heterocycles. The maximum atomic E-state index is 12.3. The number of nitrogens with zero attached hydrogens (tertiary/aromatic N) is 2. The Morgan fingerprint density at radius 3 is 2.32 bits per heavy atom. The number of nitrogens with one attached hydrogen (secondary N) is 2. The standard InChI is InChI=1S/C12H20N4O5S/c1-8-9(11(18)14-12(19)13-8)7-10(17)15-3-5-16(6-4-15)22(2,20)21/h8-9H,3-7H2,1-2H3,(H2,13,14,18,19). The molecular formula is C12H20N4O5S. The third-order valence-corrected chi connectivity index (χ3v) is 5.29. The van der Waals surface area contributed by atoms with E-state index in [0.717, 1.165) is 6.26 Å². The van der Waals surface area contributed by atoms with Crippen molar-refractivity contribution in [2.45, 2.75) is 19.4 Å². The summed E-state index contributed by atoms with van der Waals surface area (Å²) in [6, 6.07) is -0.967. The Bertz CT molecular complexity index is 582. The van der Waals surface area contributed by atoms with Crippen molar-refractivity contribution in [3.8, 4) is 0 Å². The molecule has 2 aliphatic heterocycles. The van der Waals surface area contributed by atoms with E-state index in [1.54, 1.807) is 11.8 Å². The summed E-state index contributed by atoms with van der Waals surface area (Å²) in [6.45, 7) is 2.81. The summed E-state index contributed by atoms with van der Waals surface area (Å²) in [7, 11) is -3.24. The van der Waals surface area contributed by atoms with Crippen molar-refractivity contribution in [2.75, 3.05) is 32.4 Å². The van der Waals surface area contributed by atoms with E-state index >= 15 is 0 Å². The molecule has 0 aromatic carbocycles. The number of amides is 4. The Balaban J connectivity index is 1.91. The van der Waals surface area contributed by atoms with Crippen LogP contribution in [0.4, 0.5) is 4.79 Å². The monoisotopic (exact) mass is 332 g/mol. The van der Waals surface area contributed by atoms with Gasteiger partial charge in [0.2, 0.25) is 21.8 Å². The van der Waals surface area contributed by atoms with E-state index in [4.69, 9.17) is 0 Å². The van der Waals surface area contributed by atoms with Crippen LogP contribution in [-0.2, 0) is 19.6 Å². The molecule has 0 aliphatic carbocycles. The fourth-order valence-corrected chi connectivity index (χ4v) is 3.46. The van der Waals surface area contributed by atoms with Crippen molar-refractivity contribution in [2.24, 2.45) is 5.92 Å². The van der Waals surface area contributed by atoms with Gasteiger partial charge in [-0.3, -0.25) is 14.9 Å². The molecule has 2 aliphatic rings. The zero-order valence-electron chi connectivity index (χ0n) is 12.5. The topological polar surface area (TPSA) is 116 Å². The van der Waals surface area contributed by atoms with Gasteiger partial charge in [-0.25, -0.2) is 13.2 Å². The van der Waals surface area contributed by atoms with Gasteiger partial charge in [-0.1, -0.05) is 0 Å². The van der Waals surface area contributed by atoms with Gasteiger partial charge < -0.3 is 10.2 Å². The minimum absolute atomic E-state index is 0.00778. The van der Waals surface area contributed by atoms with E-state index in [1.165, 1.54) is 4.31 Å². The molecule has 0 aromatic rings. The highest BCUT2D eigenvalue weighted by Crippen LogP contribution is 2.16. The second-order valence-corrected chi connectivity index (χ2v) is 7.59. The Labute approximate surface area is 129 Å². The maximum absolute atomic E-state index is 12.3. The number of sulfonamides is 1. The second-order valence-electron chi connectivity index (χ2n) is 5.60. The number of rotatable bonds is 3. The Hall–Kier alpha value is -1.68. The van der Waals surface area contributed by atoms with Crippen LogP contribution < -0.4 is 10.6 Å². The van der Waals surface area contributed by atoms with E-state index in [-0.39, 0.29) is 25.4 Å². The smallest absolute Gasteiger partial charge is 0.321 e. The van der Waals surface area contributed by atoms with Crippen LogP contribution in [0.15, 0.2) is 0 Å². The van der Waals surface area contributed by atoms with Crippen LogP contribution in [0.2, 0.25) is 0 Å². The lowest BCUT2D eigenvalue weighted by molar-refractivity contribution is -0.138. The SMILES string of the molecule is CC1NC(=O)NC(=O)C1CC(=O)N1CCN(S(C)(=O)=O)CC1. The molecule has 2 atom stereocenters. The molecule has 0 radical (unpaired) electrons. The summed E-state index contributed by atoms with van der Waals surface area (Å²) in [5.74, 6) is -1.28. The molecule has 0 saturated carbocycles. The fourth-order valence-electron chi connectivity index (χ4n) is 2.63. The van der Waals surface area contributed by atoms with Crippen LogP contribution in [0, 0.1) is 5.92 Å². The van der Waals surface area contributed by atoms with Gasteiger partial charge in [-0.05, 0) is 6.92 Å². The number of piperazine rings is 1. The highest BCUT2D eigenvalue weighted by atomic mass is 32.2. The molecule has 124 valence electrons. The molecule has 9 nitrogen and oxygen atoms in total. The first-order valence-corrected chi connectivity index (χ1v) is 8.87. The summed E-state index contributed by atoms with van der Waals surface area (Å²) in [4.78, 5) is 36.7. The van der Waals surface area contributed by atoms with Crippen molar-refractivity contribution in [1.82, 2.24) is 19.8 Å². The summed E-state index contributed by atoms with van der Waals surface area (Å²) in [5, 5.41) is 4.71. The number of carbonyl (C=O) groups is 3. The number of urea groups is 1. The molecule has 2 fully saturated rings. The van der Waals surface area contributed by atoms with Crippen molar-refractivity contribution in [3.63, 3.8) is 0 Å². The van der Waals surface area contributed by atoms with Crippen molar-refractivity contribution >= 4 is 27.9 Å². The van der Waals surface area contributed by atoms with Crippen LogP contribution in [0.1, 0.15) is 13.3 Å². The first kappa shape index (κ1) is 16.7. The highest BCUT2D eigenvalue weighted by molar-refractivity contribution is 7.88. The van der Waals surface area contributed by atoms with Crippen LogP contribution in [0.3, 0.4) is 0 Å². The van der Waals surface area contributed by atoms with Gasteiger partial charge in [-0.2, -0.15) is 4.31 Å². The average molecular weight is 332 g/mol.